The van der Waals surface area contributed by atoms with Crippen molar-refractivity contribution in [3.8, 4) is 5.75 Å². The molecule has 0 saturated heterocycles. The van der Waals surface area contributed by atoms with Crippen LogP contribution in [0.25, 0.3) is 0 Å². The van der Waals surface area contributed by atoms with Gasteiger partial charge in [-0.1, -0.05) is 24.3 Å². The highest BCUT2D eigenvalue weighted by atomic mass is 16.5. The van der Waals surface area contributed by atoms with Crippen molar-refractivity contribution in [3.63, 3.8) is 0 Å². The van der Waals surface area contributed by atoms with Gasteiger partial charge in [0.2, 0.25) is 0 Å². The molecule has 0 fully saturated rings. The van der Waals surface area contributed by atoms with Crippen molar-refractivity contribution in [1.82, 2.24) is 5.32 Å². The van der Waals surface area contributed by atoms with Gasteiger partial charge in [-0.3, -0.25) is 4.79 Å². The van der Waals surface area contributed by atoms with E-state index in [1.54, 1.807) is 24.3 Å². The molecule has 0 radical (unpaired) electrons. The van der Waals surface area contributed by atoms with E-state index in [1.807, 2.05) is 37.4 Å². The minimum atomic E-state index is -0.553. The Morgan fingerprint density at radius 3 is 2.58 bits per heavy atom. The first kappa shape index (κ1) is 19.3. The molecule has 26 heavy (non-hydrogen) atoms. The normalized spacial score (nSPS) is 10.1. The number of ether oxygens (including phenoxy) is 2. The minimum absolute atomic E-state index is 0.301. The zero-order chi connectivity index (χ0) is 18.8. The topological polar surface area (TPSA) is 67.9 Å². The lowest BCUT2D eigenvalue weighted by atomic mass is 10.2. The van der Waals surface area contributed by atoms with Gasteiger partial charge in [-0.05, 0) is 36.8 Å². The van der Waals surface area contributed by atoms with Gasteiger partial charge in [0.05, 0.1) is 12.7 Å². The van der Waals surface area contributed by atoms with Gasteiger partial charge in [-0.2, -0.15) is 0 Å². The molecule has 2 aromatic rings. The molecule has 138 valence electrons. The lowest BCUT2D eigenvalue weighted by molar-refractivity contribution is -0.124. The number of amides is 1. The Bertz CT molecular complexity index is 719. The summed E-state index contributed by atoms with van der Waals surface area (Å²) >= 11 is 0. The number of nitrogens with zero attached hydrogens (tertiary/aromatic N) is 1. The number of carbonyl (C=O) groups is 2. The van der Waals surface area contributed by atoms with Gasteiger partial charge < -0.3 is 19.7 Å². The van der Waals surface area contributed by atoms with Crippen LogP contribution in [0.3, 0.4) is 0 Å². The maximum atomic E-state index is 11.9. The van der Waals surface area contributed by atoms with Gasteiger partial charge in [0.1, 0.15) is 5.75 Å². The Morgan fingerprint density at radius 2 is 1.85 bits per heavy atom. The summed E-state index contributed by atoms with van der Waals surface area (Å²) in [5, 5.41) is 2.75. The van der Waals surface area contributed by atoms with Crippen molar-refractivity contribution >= 4 is 17.6 Å². The number of anilines is 1. The fraction of sp³-hybridized carbons (Fsp3) is 0.300. The van der Waals surface area contributed by atoms with E-state index in [2.05, 4.69) is 10.2 Å². The van der Waals surface area contributed by atoms with Crippen molar-refractivity contribution in [2.24, 2.45) is 0 Å². The third-order valence-corrected chi connectivity index (χ3v) is 3.83. The molecule has 0 bridgehead atoms. The number of nitrogens with one attached hydrogen (secondary N) is 1. The van der Waals surface area contributed by atoms with Gasteiger partial charge in [0.15, 0.2) is 6.61 Å². The van der Waals surface area contributed by atoms with Crippen LogP contribution in [0.1, 0.15) is 16.8 Å². The number of rotatable bonds is 9. The first-order chi connectivity index (χ1) is 12.6. The first-order valence-electron chi connectivity index (χ1n) is 8.44. The molecule has 6 heteroatoms. The Kier molecular flexibility index (Phi) is 7.49. The average molecular weight is 356 g/mol. The highest BCUT2D eigenvalue weighted by Gasteiger charge is 2.10. The fourth-order valence-corrected chi connectivity index (χ4v) is 2.37. The predicted octanol–water partition coefficient (Wildman–Crippen LogP) is 2.49. The molecule has 0 unspecified atom stereocenters. The lowest BCUT2D eigenvalue weighted by Crippen LogP contribution is -2.31. The number of methoxy groups -OCH3 is 1. The molecule has 0 heterocycles. The van der Waals surface area contributed by atoms with Crippen LogP contribution in [0.2, 0.25) is 0 Å². The van der Waals surface area contributed by atoms with Crippen LogP contribution in [-0.2, 0) is 9.53 Å². The number of para-hydroxylation sites is 1. The average Bonchev–Trinajstić information content (AvgIpc) is 2.69. The Labute approximate surface area is 153 Å². The van der Waals surface area contributed by atoms with Crippen LogP contribution in [0.4, 0.5) is 5.69 Å². The number of esters is 1. The summed E-state index contributed by atoms with van der Waals surface area (Å²) in [5.74, 6) is -0.307. The van der Waals surface area contributed by atoms with Crippen LogP contribution in [0, 0.1) is 0 Å². The number of benzene rings is 2. The van der Waals surface area contributed by atoms with Gasteiger partial charge in [-0.15, -0.1) is 0 Å². The Balaban J connectivity index is 1.65. The summed E-state index contributed by atoms with van der Waals surface area (Å²) in [6, 6.07) is 16.6. The molecule has 2 rings (SSSR count). The highest BCUT2D eigenvalue weighted by Crippen LogP contribution is 2.13. The van der Waals surface area contributed by atoms with Crippen LogP contribution in [0.15, 0.2) is 54.6 Å². The number of hydrogen-bond donors (Lipinski definition) is 1. The van der Waals surface area contributed by atoms with Gasteiger partial charge in [0, 0.05) is 25.8 Å². The molecular formula is C20H24N2O4. The molecule has 2 aromatic carbocycles. The third kappa shape index (κ3) is 6.12. The monoisotopic (exact) mass is 356 g/mol. The van der Waals surface area contributed by atoms with Crippen molar-refractivity contribution in [1.29, 1.82) is 0 Å². The first-order valence-corrected chi connectivity index (χ1v) is 8.44. The summed E-state index contributed by atoms with van der Waals surface area (Å²) in [5.41, 5.74) is 1.48. The highest BCUT2D eigenvalue weighted by molar-refractivity contribution is 5.91. The zero-order valence-electron chi connectivity index (χ0n) is 15.1. The molecule has 0 spiro atoms. The van der Waals surface area contributed by atoms with E-state index < -0.39 is 5.97 Å². The third-order valence-electron chi connectivity index (χ3n) is 3.83. The number of hydrogen-bond acceptors (Lipinski definition) is 5. The second-order valence-corrected chi connectivity index (χ2v) is 5.77. The molecule has 0 saturated carbocycles. The van der Waals surface area contributed by atoms with Crippen molar-refractivity contribution in [2.75, 3.05) is 38.8 Å². The zero-order valence-corrected chi connectivity index (χ0v) is 15.1. The largest absolute Gasteiger partial charge is 0.497 e. The Hall–Kier alpha value is -3.02. The van der Waals surface area contributed by atoms with Crippen molar-refractivity contribution in [2.45, 2.75) is 6.42 Å². The smallest absolute Gasteiger partial charge is 0.338 e. The van der Waals surface area contributed by atoms with E-state index in [0.29, 0.717) is 17.9 Å². The molecule has 0 aromatic heterocycles. The van der Waals surface area contributed by atoms with Crippen LogP contribution in [-0.4, -0.2) is 45.7 Å². The standard InChI is InChI=1S/C20H24N2O4/c1-22(17-9-4-3-5-10-17)13-7-12-21-19(23)15-26-20(24)16-8-6-11-18(14-16)25-2/h3-6,8-11,14H,7,12-13,15H2,1-2H3,(H,21,23). The second kappa shape index (κ2) is 10.1. The molecule has 0 aliphatic heterocycles. The van der Waals surface area contributed by atoms with Gasteiger partial charge >= 0.3 is 5.97 Å². The molecule has 0 aliphatic carbocycles. The lowest BCUT2D eigenvalue weighted by Gasteiger charge is -2.19. The SMILES string of the molecule is COc1cccc(C(=O)OCC(=O)NCCCN(C)c2ccccc2)c1. The van der Waals surface area contributed by atoms with Crippen LogP contribution < -0.4 is 15.0 Å². The molecule has 1 N–H and O–H groups in total. The van der Waals surface area contributed by atoms with E-state index in [0.717, 1.165) is 18.7 Å². The summed E-state index contributed by atoms with van der Waals surface area (Å²) in [4.78, 5) is 25.8. The van der Waals surface area contributed by atoms with Crippen LogP contribution >= 0.6 is 0 Å². The molecule has 6 nitrogen and oxygen atoms in total. The summed E-state index contributed by atoms with van der Waals surface area (Å²) in [6.45, 7) is 1.03. The van der Waals surface area contributed by atoms with E-state index in [9.17, 15) is 9.59 Å². The quantitative estimate of drug-likeness (QED) is 0.552. The molecule has 0 atom stereocenters. The fourth-order valence-electron chi connectivity index (χ4n) is 2.37. The van der Waals surface area contributed by atoms with Gasteiger partial charge in [0.25, 0.3) is 5.91 Å². The predicted molar refractivity (Wildman–Crippen MR) is 101 cm³/mol. The van der Waals surface area contributed by atoms with Crippen molar-refractivity contribution < 1.29 is 19.1 Å². The van der Waals surface area contributed by atoms with Crippen LogP contribution in [0.5, 0.6) is 5.75 Å². The van der Waals surface area contributed by atoms with Crippen molar-refractivity contribution in [3.05, 3.63) is 60.2 Å². The maximum Gasteiger partial charge on any atom is 0.338 e. The van der Waals surface area contributed by atoms with E-state index in [1.165, 1.54) is 7.11 Å². The van der Waals surface area contributed by atoms with E-state index in [-0.39, 0.29) is 12.5 Å². The van der Waals surface area contributed by atoms with Gasteiger partial charge in [-0.25, -0.2) is 4.79 Å². The van der Waals surface area contributed by atoms with E-state index >= 15 is 0 Å². The number of carbonyl (C=O) groups excluding carboxylic acids is 2. The summed E-state index contributed by atoms with van der Waals surface area (Å²) in [7, 11) is 3.53. The Morgan fingerprint density at radius 1 is 1.08 bits per heavy atom. The summed E-state index contributed by atoms with van der Waals surface area (Å²) < 4.78 is 10.1. The molecule has 1 amide bonds. The minimum Gasteiger partial charge on any atom is -0.497 e. The summed E-state index contributed by atoms with van der Waals surface area (Å²) in [6.07, 6.45) is 0.793. The second-order valence-electron chi connectivity index (χ2n) is 5.77. The molecule has 0 aliphatic rings. The maximum absolute atomic E-state index is 11.9. The molecular weight excluding hydrogens is 332 g/mol. The van der Waals surface area contributed by atoms with E-state index in [4.69, 9.17) is 9.47 Å².